The molecule has 0 bridgehead atoms. The predicted octanol–water partition coefficient (Wildman–Crippen LogP) is 1.62. The number of hydrogen-bond acceptors (Lipinski definition) is 7. The van der Waals surface area contributed by atoms with E-state index in [2.05, 4.69) is 25.0 Å². The molecule has 1 atom stereocenters. The van der Waals surface area contributed by atoms with Crippen molar-refractivity contribution in [2.75, 3.05) is 25.0 Å². The summed E-state index contributed by atoms with van der Waals surface area (Å²) in [7, 11) is -4.15. The van der Waals surface area contributed by atoms with Gasteiger partial charge in [-0.1, -0.05) is 0 Å². The Balaban J connectivity index is 1.18. The molecule has 2 aromatic rings. The Kier molecular flexibility index (Phi) is 5.06. The Morgan fingerprint density at radius 3 is 2.64 bits per heavy atom. The molecule has 0 spiro atoms. The molecular formula is C22H28N6O4S. The molecular weight excluding hydrogens is 444 g/mol. The van der Waals surface area contributed by atoms with Gasteiger partial charge in [-0.2, -0.15) is 5.10 Å². The van der Waals surface area contributed by atoms with E-state index in [0.29, 0.717) is 19.0 Å². The Hall–Kier alpha value is -2.66. The predicted molar refractivity (Wildman–Crippen MR) is 120 cm³/mol. The molecule has 1 fully saturated rings. The number of rotatable bonds is 4. The SMILES string of the molecule is O=C(Nc1nc2c(c3c1CCC3)CCC2)NS(=O)(=O)c1cnn2c1OCC(N1CCCC1)C2. The van der Waals surface area contributed by atoms with Crippen molar-refractivity contribution in [3.05, 3.63) is 28.6 Å². The standard InChI is InChI=1S/C22H28N6O4S/c29-22(25-20-17-7-3-5-15(17)16-6-4-8-18(16)24-20)26-33(30,31)19-11-23-28-12-14(13-32-21(19)28)27-9-1-2-10-27/h11,14H,1-10,12-13H2,(H2,24,25,26,29). The summed E-state index contributed by atoms with van der Waals surface area (Å²) in [6, 6.07) is -0.639. The van der Waals surface area contributed by atoms with Gasteiger partial charge in [0, 0.05) is 5.69 Å². The third-order valence-electron chi connectivity index (χ3n) is 7.26. The van der Waals surface area contributed by atoms with Gasteiger partial charge >= 0.3 is 6.03 Å². The van der Waals surface area contributed by atoms with Gasteiger partial charge in [-0.05, 0) is 81.1 Å². The highest BCUT2D eigenvalue weighted by Crippen LogP contribution is 2.36. The first-order valence-corrected chi connectivity index (χ1v) is 13.3. The number of nitrogens with zero attached hydrogens (tertiary/aromatic N) is 4. The number of carbonyl (C=O) groups excluding carboxylic acids is 1. The van der Waals surface area contributed by atoms with Gasteiger partial charge in [0.25, 0.3) is 10.0 Å². The number of carbonyl (C=O) groups is 1. The number of urea groups is 1. The van der Waals surface area contributed by atoms with E-state index in [1.54, 1.807) is 4.68 Å². The summed E-state index contributed by atoms with van der Waals surface area (Å²) >= 11 is 0. The molecule has 2 amide bonds. The van der Waals surface area contributed by atoms with Gasteiger partial charge in [0.05, 0.1) is 18.8 Å². The Morgan fingerprint density at radius 2 is 1.79 bits per heavy atom. The van der Waals surface area contributed by atoms with E-state index in [1.807, 2.05) is 0 Å². The molecule has 10 nitrogen and oxygen atoms in total. The maximum atomic E-state index is 13.0. The van der Waals surface area contributed by atoms with Crippen LogP contribution in [0.5, 0.6) is 5.88 Å². The van der Waals surface area contributed by atoms with Gasteiger partial charge in [-0.25, -0.2) is 27.6 Å². The second kappa shape index (κ2) is 7.98. The van der Waals surface area contributed by atoms with Crippen molar-refractivity contribution in [1.82, 2.24) is 24.4 Å². The number of fused-ring (bicyclic) bond motifs is 4. The van der Waals surface area contributed by atoms with Crippen LogP contribution in [0, 0.1) is 0 Å². The maximum absolute atomic E-state index is 13.0. The fraction of sp³-hybridized carbons (Fsp3) is 0.591. The van der Waals surface area contributed by atoms with Gasteiger partial charge in [-0.3, -0.25) is 10.2 Å². The van der Waals surface area contributed by atoms with Crippen LogP contribution in [0.25, 0.3) is 0 Å². The van der Waals surface area contributed by atoms with Crippen LogP contribution in [-0.2, 0) is 42.3 Å². The van der Waals surface area contributed by atoms with Crippen molar-refractivity contribution < 1.29 is 17.9 Å². The molecule has 0 saturated carbocycles. The van der Waals surface area contributed by atoms with Gasteiger partial charge < -0.3 is 4.74 Å². The van der Waals surface area contributed by atoms with Crippen LogP contribution in [0.1, 0.15) is 48.1 Å². The van der Waals surface area contributed by atoms with Crippen LogP contribution in [0.4, 0.5) is 10.6 Å². The molecule has 0 aromatic carbocycles. The number of likely N-dealkylation sites (tertiary alicyclic amines) is 1. The molecule has 2 N–H and O–H groups in total. The van der Waals surface area contributed by atoms with Crippen molar-refractivity contribution in [3.63, 3.8) is 0 Å². The first kappa shape index (κ1) is 20.9. The zero-order chi connectivity index (χ0) is 22.6. The molecule has 33 heavy (non-hydrogen) atoms. The second-order valence-electron chi connectivity index (χ2n) is 9.31. The first-order chi connectivity index (χ1) is 16.0. The quantitative estimate of drug-likeness (QED) is 0.694. The Morgan fingerprint density at radius 1 is 1.03 bits per heavy atom. The summed E-state index contributed by atoms with van der Waals surface area (Å²) in [5.41, 5.74) is 4.70. The topological polar surface area (TPSA) is 118 Å². The molecule has 0 radical (unpaired) electrons. The summed E-state index contributed by atoms with van der Waals surface area (Å²) in [6.07, 6.45) is 9.47. The lowest BCUT2D eigenvalue weighted by Crippen LogP contribution is -2.44. The molecule has 11 heteroatoms. The molecule has 2 aromatic heterocycles. The third-order valence-corrected chi connectivity index (χ3v) is 8.58. The number of aryl methyl sites for hydroxylation is 1. The lowest BCUT2D eigenvalue weighted by Gasteiger charge is -2.31. The highest BCUT2D eigenvalue weighted by Gasteiger charge is 2.34. The minimum atomic E-state index is -4.15. The maximum Gasteiger partial charge on any atom is 0.334 e. The van der Waals surface area contributed by atoms with E-state index >= 15 is 0 Å². The molecule has 4 aliphatic rings. The highest BCUT2D eigenvalue weighted by atomic mass is 32.2. The van der Waals surface area contributed by atoms with Crippen LogP contribution in [-0.4, -0.2) is 59.9 Å². The molecule has 2 aliphatic heterocycles. The highest BCUT2D eigenvalue weighted by molar-refractivity contribution is 7.90. The van der Waals surface area contributed by atoms with Gasteiger partial charge in [0.1, 0.15) is 12.4 Å². The summed E-state index contributed by atoms with van der Waals surface area (Å²) in [4.78, 5) is 19.6. The van der Waals surface area contributed by atoms with Gasteiger partial charge in [0.15, 0.2) is 4.90 Å². The molecule has 176 valence electrons. The molecule has 2 aliphatic carbocycles. The zero-order valence-corrected chi connectivity index (χ0v) is 19.3. The number of anilines is 1. The number of pyridine rings is 1. The Labute approximate surface area is 192 Å². The summed E-state index contributed by atoms with van der Waals surface area (Å²) in [6.45, 7) is 3.03. The molecule has 4 heterocycles. The lowest BCUT2D eigenvalue weighted by molar-refractivity contribution is 0.0993. The summed E-state index contributed by atoms with van der Waals surface area (Å²) < 4.78 is 35.5. The minimum Gasteiger partial charge on any atom is -0.475 e. The minimum absolute atomic E-state index is 0.121. The van der Waals surface area contributed by atoms with Crippen molar-refractivity contribution in [1.29, 1.82) is 0 Å². The molecule has 1 saturated heterocycles. The van der Waals surface area contributed by atoms with E-state index in [9.17, 15) is 13.2 Å². The van der Waals surface area contributed by atoms with E-state index in [0.717, 1.165) is 62.9 Å². The van der Waals surface area contributed by atoms with Crippen LogP contribution < -0.4 is 14.8 Å². The van der Waals surface area contributed by atoms with E-state index in [-0.39, 0.29) is 16.8 Å². The first-order valence-electron chi connectivity index (χ1n) is 11.8. The Bertz CT molecular complexity index is 1220. The van der Waals surface area contributed by atoms with Crippen molar-refractivity contribution in [3.8, 4) is 5.88 Å². The van der Waals surface area contributed by atoms with E-state index < -0.39 is 16.1 Å². The summed E-state index contributed by atoms with van der Waals surface area (Å²) in [5, 5.41) is 6.92. The van der Waals surface area contributed by atoms with Crippen LogP contribution in [0.2, 0.25) is 0 Å². The van der Waals surface area contributed by atoms with Crippen LogP contribution >= 0.6 is 0 Å². The number of ether oxygens (including phenoxy) is 1. The normalized spacial score (nSPS) is 21.9. The van der Waals surface area contributed by atoms with E-state index in [4.69, 9.17) is 4.74 Å². The average molecular weight is 473 g/mol. The number of hydrogen-bond donors (Lipinski definition) is 2. The van der Waals surface area contributed by atoms with Crippen molar-refractivity contribution >= 4 is 21.9 Å². The average Bonchev–Trinajstić information content (AvgIpc) is 3.59. The third kappa shape index (κ3) is 3.67. The zero-order valence-electron chi connectivity index (χ0n) is 18.5. The van der Waals surface area contributed by atoms with Crippen LogP contribution in [0.3, 0.4) is 0 Å². The van der Waals surface area contributed by atoms with Crippen LogP contribution in [0.15, 0.2) is 11.1 Å². The van der Waals surface area contributed by atoms with Crippen molar-refractivity contribution in [2.24, 2.45) is 0 Å². The number of nitrogens with one attached hydrogen (secondary N) is 2. The van der Waals surface area contributed by atoms with Gasteiger partial charge in [0.2, 0.25) is 5.88 Å². The lowest BCUT2D eigenvalue weighted by atomic mass is 10.0. The smallest absolute Gasteiger partial charge is 0.334 e. The fourth-order valence-corrected chi connectivity index (χ4v) is 6.69. The molecule has 6 rings (SSSR count). The monoisotopic (exact) mass is 472 g/mol. The number of aromatic nitrogens is 3. The van der Waals surface area contributed by atoms with E-state index in [1.165, 1.54) is 30.2 Å². The summed E-state index contributed by atoms with van der Waals surface area (Å²) in [5.74, 6) is 0.667. The van der Waals surface area contributed by atoms with Gasteiger partial charge in [-0.15, -0.1) is 0 Å². The largest absolute Gasteiger partial charge is 0.475 e. The molecule has 1 unspecified atom stereocenters. The number of sulfonamides is 1. The second-order valence-corrected chi connectivity index (χ2v) is 11.0. The van der Waals surface area contributed by atoms with Crippen molar-refractivity contribution in [2.45, 2.75) is 68.8 Å². The number of amides is 2. The fourth-order valence-electron chi connectivity index (χ4n) is 5.70.